The fourth-order valence-electron chi connectivity index (χ4n) is 3.32. The van der Waals surface area contributed by atoms with Crippen molar-refractivity contribution in [2.24, 2.45) is 16.5 Å². The Morgan fingerprint density at radius 3 is 2.67 bits per heavy atom. The molecule has 1 fully saturated rings. The molecule has 0 radical (unpaired) electrons. The van der Waals surface area contributed by atoms with E-state index < -0.39 is 0 Å². The normalized spacial score (nSPS) is 14.2. The Hall–Kier alpha value is -2.87. The number of fused-ring (bicyclic) bond motifs is 3. The summed E-state index contributed by atoms with van der Waals surface area (Å²) in [6.45, 7) is 4.54. The number of rotatable bonds is 5. The van der Waals surface area contributed by atoms with Crippen LogP contribution in [0.1, 0.15) is 25.7 Å². The van der Waals surface area contributed by atoms with Gasteiger partial charge in [0.1, 0.15) is 5.65 Å². The summed E-state index contributed by atoms with van der Waals surface area (Å²) >= 11 is 0. The highest BCUT2D eigenvalue weighted by molar-refractivity contribution is 6.05. The average Bonchev–Trinajstić information content (AvgIpc) is 3.28. The number of hydrogen-bond acceptors (Lipinski definition) is 4. The van der Waals surface area contributed by atoms with Gasteiger partial charge in [0.15, 0.2) is 5.96 Å². The molecule has 0 unspecified atom stereocenters. The molecule has 1 saturated heterocycles. The molecule has 8 nitrogen and oxygen atoms in total. The fourth-order valence-corrected chi connectivity index (χ4v) is 3.32. The Labute approximate surface area is 157 Å². The van der Waals surface area contributed by atoms with Crippen LogP contribution in [0.4, 0.5) is 0 Å². The Kier molecular flexibility index (Phi) is 6.43. The molecule has 0 spiro atoms. The van der Waals surface area contributed by atoms with Crippen LogP contribution >= 0.6 is 0 Å². The highest BCUT2D eigenvalue weighted by atomic mass is 16.1. The fraction of sp³-hybridized carbons (Fsp3) is 0.421. The third-order valence-corrected chi connectivity index (χ3v) is 4.66. The predicted octanol–water partition coefficient (Wildman–Crippen LogP) is 1.54. The number of likely N-dealkylation sites (tertiary alicyclic amines) is 1. The minimum Gasteiger partial charge on any atom is -0.370 e. The molecule has 144 valence electrons. The van der Waals surface area contributed by atoms with Crippen molar-refractivity contribution in [3.05, 3.63) is 40.9 Å². The van der Waals surface area contributed by atoms with Crippen molar-refractivity contribution >= 4 is 27.9 Å². The number of aliphatic imine (C=N–C) groups is 1. The van der Waals surface area contributed by atoms with Crippen molar-refractivity contribution in [1.82, 2.24) is 19.9 Å². The lowest BCUT2D eigenvalue weighted by Gasteiger charge is -2.13. The lowest BCUT2D eigenvalue weighted by atomic mass is 10.2. The Balaban J connectivity index is 0.000000157. The van der Waals surface area contributed by atoms with Crippen molar-refractivity contribution in [2.75, 3.05) is 26.2 Å². The molecule has 0 saturated carbocycles. The average molecular weight is 369 g/mol. The summed E-state index contributed by atoms with van der Waals surface area (Å²) < 4.78 is 0. The lowest BCUT2D eigenvalue weighted by Crippen LogP contribution is -2.23. The van der Waals surface area contributed by atoms with E-state index in [9.17, 15) is 4.79 Å². The number of hydrogen-bond donors (Lipinski definition) is 4. The molecule has 3 aromatic rings. The van der Waals surface area contributed by atoms with Gasteiger partial charge in [-0.15, -0.1) is 0 Å². The van der Waals surface area contributed by atoms with Crippen molar-refractivity contribution in [3.63, 3.8) is 0 Å². The van der Waals surface area contributed by atoms with Crippen LogP contribution in [0.3, 0.4) is 0 Å². The largest absolute Gasteiger partial charge is 0.370 e. The minimum atomic E-state index is -0.330. The molecule has 3 heterocycles. The monoisotopic (exact) mass is 369 g/mol. The molecule has 2 aromatic heterocycles. The van der Waals surface area contributed by atoms with E-state index in [0.717, 1.165) is 34.9 Å². The second-order valence-electron chi connectivity index (χ2n) is 6.71. The zero-order valence-corrected chi connectivity index (χ0v) is 15.4. The minimum absolute atomic E-state index is 0.209. The van der Waals surface area contributed by atoms with Gasteiger partial charge in [-0.1, -0.05) is 18.2 Å². The maximum Gasteiger partial charge on any atom is 0.346 e. The van der Waals surface area contributed by atoms with E-state index in [1.165, 1.54) is 38.9 Å². The SMILES string of the molecule is NC(N)=NCCCCN1CCCC1.O=c1ncc2c([nH]1)[nH]c1ccccc12. The Morgan fingerprint density at radius 1 is 1.11 bits per heavy atom. The van der Waals surface area contributed by atoms with E-state index in [-0.39, 0.29) is 11.6 Å². The number of nitrogens with zero attached hydrogens (tertiary/aromatic N) is 3. The van der Waals surface area contributed by atoms with Crippen LogP contribution in [-0.2, 0) is 0 Å². The van der Waals surface area contributed by atoms with Gasteiger partial charge in [0, 0.05) is 29.0 Å². The summed E-state index contributed by atoms with van der Waals surface area (Å²) in [6, 6.07) is 7.87. The first-order chi connectivity index (χ1) is 13.1. The summed E-state index contributed by atoms with van der Waals surface area (Å²) in [5.41, 5.74) is 11.8. The standard InChI is InChI=1S/C10H7N3O.C9H20N4/c14-10-11-5-7-6-3-1-2-4-8(6)12-9(7)13-10;10-9(11)12-5-1-2-6-13-7-3-4-8-13/h1-5H,(H2,11,12,13,14);1-8H2,(H4,10,11,12). The maximum atomic E-state index is 11.0. The number of H-pyrrole nitrogens is 2. The summed E-state index contributed by atoms with van der Waals surface area (Å²) in [5.74, 6) is 0.209. The topological polar surface area (TPSA) is 129 Å². The van der Waals surface area contributed by atoms with Crippen LogP contribution in [0.15, 0.2) is 40.2 Å². The molecule has 0 bridgehead atoms. The van der Waals surface area contributed by atoms with E-state index in [1.807, 2.05) is 24.3 Å². The molecule has 1 aliphatic rings. The third kappa shape index (κ3) is 5.30. The molecule has 6 N–H and O–H groups in total. The van der Waals surface area contributed by atoms with Gasteiger partial charge in [0.25, 0.3) is 0 Å². The van der Waals surface area contributed by atoms with Crippen LogP contribution < -0.4 is 17.2 Å². The second kappa shape index (κ2) is 9.18. The number of unbranched alkanes of at least 4 members (excludes halogenated alkanes) is 1. The summed E-state index contributed by atoms with van der Waals surface area (Å²) in [4.78, 5) is 26.9. The van der Waals surface area contributed by atoms with Crippen molar-refractivity contribution in [2.45, 2.75) is 25.7 Å². The molecule has 27 heavy (non-hydrogen) atoms. The second-order valence-corrected chi connectivity index (χ2v) is 6.71. The summed E-state index contributed by atoms with van der Waals surface area (Å²) in [7, 11) is 0. The van der Waals surface area contributed by atoms with Crippen molar-refractivity contribution in [3.8, 4) is 0 Å². The highest BCUT2D eigenvalue weighted by Gasteiger charge is 2.09. The van der Waals surface area contributed by atoms with Gasteiger partial charge < -0.3 is 21.4 Å². The van der Waals surface area contributed by atoms with Crippen molar-refractivity contribution < 1.29 is 0 Å². The number of aromatic amines is 2. The van der Waals surface area contributed by atoms with E-state index in [0.29, 0.717) is 0 Å². The first kappa shape index (κ1) is 18.9. The number of nitrogens with one attached hydrogen (secondary N) is 2. The number of guanidine groups is 1. The smallest absolute Gasteiger partial charge is 0.346 e. The summed E-state index contributed by atoms with van der Waals surface area (Å²) in [6.07, 6.45) is 6.62. The number of aromatic nitrogens is 3. The van der Waals surface area contributed by atoms with Gasteiger partial charge in [0.2, 0.25) is 0 Å². The molecule has 0 amide bonds. The van der Waals surface area contributed by atoms with E-state index in [1.54, 1.807) is 6.20 Å². The predicted molar refractivity (Wildman–Crippen MR) is 110 cm³/mol. The lowest BCUT2D eigenvalue weighted by molar-refractivity contribution is 0.331. The zero-order chi connectivity index (χ0) is 19.1. The Bertz CT molecular complexity index is 949. The van der Waals surface area contributed by atoms with Crippen molar-refractivity contribution in [1.29, 1.82) is 0 Å². The maximum absolute atomic E-state index is 11.0. The molecule has 1 aliphatic heterocycles. The first-order valence-corrected chi connectivity index (χ1v) is 9.37. The van der Waals surface area contributed by atoms with Crippen LogP contribution in [0.25, 0.3) is 21.9 Å². The number of para-hydroxylation sites is 1. The van der Waals surface area contributed by atoms with Gasteiger partial charge >= 0.3 is 5.69 Å². The zero-order valence-electron chi connectivity index (χ0n) is 15.4. The molecule has 0 aliphatic carbocycles. The van der Waals surface area contributed by atoms with Crippen LogP contribution in [0.5, 0.6) is 0 Å². The van der Waals surface area contributed by atoms with Gasteiger partial charge in [-0.05, 0) is 51.4 Å². The third-order valence-electron chi connectivity index (χ3n) is 4.66. The van der Waals surface area contributed by atoms with Gasteiger partial charge in [-0.3, -0.25) is 9.98 Å². The molecule has 1 aromatic carbocycles. The molecule has 0 atom stereocenters. The first-order valence-electron chi connectivity index (χ1n) is 9.37. The van der Waals surface area contributed by atoms with E-state index in [2.05, 4.69) is 24.8 Å². The number of benzene rings is 1. The van der Waals surface area contributed by atoms with Crippen LogP contribution in [0.2, 0.25) is 0 Å². The Morgan fingerprint density at radius 2 is 1.89 bits per heavy atom. The van der Waals surface area contributed by atoms with Crippen LogP contribution in [0, 0.1) is 0 Å². The molecular formula is C19H27N7O. The van der Waals surface area contributed by atoms with Gasteiger partial charge in [-0.25, -0.2) is 9.78 Å². The van der Waals surface area contributed by atoms with E-state index >= 15 is 0 Å². The quantitative estimate of drug-likeness (QED) is 0.308. The molecule has 8 heteroatoms. The van der Waals surface area contributed by atoms with Gasteiger partial charge in [0.05, 0.1) is 0 Å². The van der Waals surface area contributed by atoms with Crippen LogP contribution in [-0.4, -0.2) is 52.0 Å². The van der Waals surface area contributed by atoms with Gasteiger partial charge in [-0.2, -0.15) is 0 Å². The molecule has 4 rings (SSSR count). The van der Waals surface area contributed by atoms with E-state index in [4.69, 9.17) is 11.5 Å². The molecular weight excluding hydrogens is 342 g/mol. The number of nitrogens with two attached hydrogens (primary N) is 2. The summed E-state index contributed by atoms with van der Waals surface area (Å²) in [5, 5.41) is 2.02. The highest BCUT2D eigenvalue weighted by Crippen LogP contribution is 2.21.